The lowest BCUT2D eigenvalue weighted by Crippen LogP contribution is -2.42. The Hall–Kier alpha value is -2.75. The predicted molar refractivity (Wildman–Crippen MR) is 156 cm³/mol. The largest absolute Gasteiger partial charge is 0.481 e. The minimum atomic E-state index is -1.49. The van der Waals surface area contributed by atoms with E-state index in [9.17, 15) is 30.0 Å². The van der Waals surface area contributed by atoms with Gasteiger partial charge in [0.1, 0.15) is 6.10 Å². The third kappa shape index (κ3) is 19.0. The van der Waals surface area contributed by atoms with Crippen LogP contribution in [0.15, 0.2) is 83.5 Å². The minimum Gasteiger partial charge on any atom is -0.481 e. The molecule has 0 aliphatic heterocycles. The molecule has 0 spiro atoms. The molecule has 218 valence electrons. The Morgan fingerprint density at radius 1 is 0.846 bits per heavy atom. The van der Waals surface area contributed by atoms with Crippen molar-refractivity contribution >= 4 is 23.5 Å². The van der Waals surface area contributed by atoms with Gasteiger partial charge in [0.15, 0.2) is 0 Å². The van der Waals surface area contributed by atoms with Crippen LogP contribution in [0.5, 0.6) is 0 Å². The van der Waals surface area contributed by atoms with Gasteiger partial charge in [0.2, 0.25) is 5.91 Å². The van der Waals surface area contributed by atoms with Crippen LogP contribution in [0.3, 0.4) is 0 Å². The summed E-state index contributed by atoms with van der Waals surface area (Å²) in [5.74, 6) is -1.49. The molecule has 39 heavy (non-hydrogen) atoms. The number of aliphatic carboxylic acids is 1. The topological polar surface area (TPSA) is 147 Å². The van der Waals surface area contributed by atoms with Crippen molar-refractivity contribution in [2.24, 2.45) is 11.8 Å². The van der Waals surface area contributed by atoms with Crippen LogP contribution in [0.4, 0.5) is 0 Å². The van der Waals surface area contributed by atoms with Crippen molar-refractivity contribution in [2.45, 2.75) is 71.4 Å². The van der Waals surface area contributed by atoms with Crippen molar-refractivity contribution in [1.29, 1.82) is 0 Å². The molecule has 0 heterocycles. The number of hydrogen-bond acceptors (Lipinski definition) is 6. The second-order valence-corrected chi connectivity index (χ2v) is 9.94. The summed E-state index contributed by atoms with van der Waals surface area (Å²) in [4.78, 5) is 22.0. The van der Waals surface area contributed by atoms with Crippen LogP contribution < -0.4 is 5.32 Å². The monoisotopic (exact) mass is 565 g/mol. The van der Waals surface area contributed by atoms with Gasteiger partial charge in [-0.1, -0.05) is 98.7 Å². The fourth-order valence-electron chi connectivity index (χ4n) is 3.05. The summed E-state index contributed by atoms with van der Waals surface area (Å²) >= 11 is 6.28. The normalized spacial score (nSPS) is 17.6. The molecular weight excluding hydrogens is 522 g/mol. The highest BCUT2D eigenvalue weighted by atomic mass is 35.5. The van der Waals surface area contributed by atoms with Crippen LogP contribution in [0.25, 0.3) is 0 Å². The number of amides is 1. The van der Waals surface area contributed by atoms with Gasteiger partial charge in [0.25, 0.3) is 0 Å². The van der Waals surface area contributed by atoms with Gasteiger partial charge in [-0.05, 0) is 25.3 Å². The molecule has 9 heteroatoms. The highest BCUT2D eigenvalue weighted by molar-refractivity contribution is 6.30. The highest BCUT2D eigenvalue weighted by Crippen LogP contribution is 2.23. The number of allylic oxidation sites excluding steroid dienone is 11. The molecule has 0 aromatic rings. The molecule has 0 aliphatic carbocycles. The van der Waals surface area contributed by atoms with Crippen molar-refractivity contribution in [2.75, 3.05) is 6.54 Å². The van der Waals surface area contributed by atoms with Crippen LogP contribution in [0, 0.1) is 11.8 Å². The Balaban J connectivity index is 4.71. The minimum absolute atomic E-state index is 0.00652. The maximum atomic E-state index is 11.6. The van der Waals surface area contributed by atoms with Crippen LogP contribution >= 0.6 is 11.6 Å². The molecule has 1 amide bonds. The van der Waals surface area contributed by atoms with Gasteiger partial charge in [-0.2, -0.15) is 0 Å². The molecule has 0 fully saturated rings. The second kappa shape index (κ2) is 21.1. The first kappa shape index (κ1) is 36.2. The van der Waals surface area contributed by atoms with E-state index in [4.69, 9.17) is 16.7 Å². The SMILES string of the molecule is CC(/C=C/C=C/C(=O)NCCCC(=O)O)=C\C=C\C=C(/Cl)C(C)C(O)C(O)C(O)CC(O)/C=C/C=C/C(C)C. The molecule has 0 radical (unpaired) electrons. The van der Waals surface area contributed by atoms with Crippen molar-refractivity contribution in [3.8, 4) is 0 Å². The Morgan fingerprint density at radius 2 is 1.46 bits per heavy atom. The van der Waals surface area contributed by atoms with Crippen LogP contribution in [0.2, 0.25) is 0 Å². The van der Waals surface area contributed by atoms with Gasteiger partial charge < -0.3 is 30.8 Å². The molecule has 5 atom stereocenters. The predicted octanol–water partition coefficient (Wildman–Crippen LogP) is 3.94. The Kier molecular flexibility index (Phi) is 19.6. The van der Waals surface area contributed by atoms with Crippen molar-refractivity contribution in [3.05, 3.63) is 83.5 Å². The van der Waals surface area contributed by atoms with Crippen molar-refractivity contribution < 1.29 is 35.1 Å². The lowest BCUT2D eigenvalue weighted by molar-refractivity contribution is -0.137. The third-order valence-electron chi connectivity index (χ3n) is 5.42. The first-order valence-corrected chi connectivity index (χ1v) is 13.3. The lowest BCUT2D eigenvalue weighted by Gasteiger charge is -2.27. The smallest absolute Gasteiger partial charge is 0.303 e. The number of carbonyl (C=O) groups excluding carboxylic acids is 1. The standard InChI is InChI=1S/C30H44ClNO7/c1-21(2)12-5-8-15-24(33)20-26(34)30(39)29(38)23(4)25(31)16-9-6-13-22(3)14-7-10-17-27(35)32-19-11-18-28(36)37/h5-10,12-17,21,23-24,26,29-30,33-34,38-39H,11,18-20H2,1-4H3,(H,32,35)(H,36,37)/b9-6+,12-5+,14-7+,15-8+,17-10+,22-13+,25-16-. The van der Waals surface area contributed by atoms with Gasteiger partial charge in [-0.25, -0.2) is 0 Å². The van der Waals surface area contributed by atoms with Gasteiger partial charge >= 0.3 is 5.97 Å². The number of rotatable bonds is 18. The van der Waals surface area contributed by atoms with E-state index in [0.717, 1.165) is 5.57 Å². The molecule has 0 bridgehead atoms. The Labute approximate surface area is 237 Å². The summed E-state index contributed by atoms with van der Waals surface area (Å²) < 4.78 is 0. The summed E-state index contributed by atoms with van der Waals surface area (Å²) in [6.45, 7) is 7.83. The molecule has 0 saturated heterocycles. The first-order valence-electron chi connectivity index (χ1n) is 13.0. The van der Waals surface area contributed by atoms with E-state index >= 15 is 0 Å². The number of hydrogen-bond donors (Lipinski definition) is 6. The van der Waals surface area contributed by atoms with E-state index in [-0.39, 0.29) is 23.8 Å². The number of aliphatic hydroxyl groups is 4. The molecule has 8 nitrogen and oxygen atoms in total. The number of carbonyl (C=O) groups is 2. The summed E-state index contributed by atoms with van der Waals surface area (Å²) in [5.41, 5.74) is 0.890. The summed E-state index contributed by atoms with van der Waals surface area (Å²) in [7, 11) is 0. The lowest BCUT2D eigenvalue weighted by atomic mass is 9.93. The van der Waals surface area contributed by atoms with Crippen molar-refractivity contribution in [3.63, 3.8) is 0 Å². The molecule has 0 aromatic heterocycles. The van der Waals surface area contributed by atoms with E-state index < -0.39 is 36.3 Å². The number of nitrogens with one attached hydrogen (secondary N) is 1. The van der Waals surface area contributed by atoms with Crippen LogP contribution in [0.1, 0.15) is 47.0 Å². The molecule has 5 unspecified atom stereocenters. The average Bonchev–Trinajstić information content (AvgIpc) is 2.87. The van der Waals surface area contributed by atoms with Crippen molar-refractivity contribution in [1.82, 2.24) is 5.32 Å². The maximum Gasteiger partial charge on any atom is 0.303 e. The van der Waals surface area contributed by atoms with Crippen LogP contribution in [-0.4, -0.2) is 68.4 Å². The summed E-state index contributed by atoms with van der Waals surface area (Å²) in [5, 5.41) is 52.5. The van der Waals surface area contributed by atoms with Gasteiger partial charge in [-0.15, -0.1) is 0 Å². The zero-order chi connectivity index (χ0) is 29.8. The molecular formula is C30H44ClNO7. The maximum absolute atomic E-state index is 11.6. The summed E-state index contributed by atoms with van der Waals surface area (Å²) in [6, 6.07) is 0. The highest BCUT2D eigenvalue weighted by Gasteiger charge is 2.31. The quantitative estimate of drug-likeness (QED) is 0.0837. The number of halogens is 1. The Morgan fingerprint density at radius 3 is 2.10 bits per heavy atom. The number of carboxylic acid groups (broad SMARTS) is 1. The fourth-order valence-corrected chi connectivity index (χ4v) is 3.26. The van der Waals surface area contributed by atoms with E-state index in [0.29, 0.717) is 18.9 Å². The molecule has 0 aromatic carbocycles. The van der Waals surface area contributed by atoms with Gasteiger partial charge in [0, 0.05) is 36.4 Å². The van der Waals surface area contributed by atoms with E-state index in [1.165, 1.54) is 12.2 Å². The third-order valence-corrected chi connectivity index (χ3v) is 5.90. The van der Waals surface area contributed by atoms with Gasteiger partial charge in [0.05, 0.1) is 18.3 Å². The van der Waals surface area contributed by atoms with Gasteiger partial charge in [-0.3, -0.25) is 9.59 Å². The summed E-state index contributed by atoms with van der Waals surface area (Å²) in [6.07, 6.45) is 15.2. The van der Waals surface area contributed by atoms with E-state index in [1.807, 2.05) is 32.9 Å². The molecule has 0 aliphatic rings. The van der Waals surface area contributed by atoms with E-state index in [1.54, 1.807) is 55.5 Å². The molecule has 6 N–H and O–H groups in total. The Bertz CT molecular complexity index is 947. The zero-order valence-electron chi connectivity index (χ0n) is 23.2. The second-order valence-electron chi connectivity index (χ2n) is 9.51. The molecule has 0 saturated carbocycles. The van der Waals surface area contributed by atoms with E-state index in [2.05, 4.69) is 5.32 Å². The fraction of sp³-hybridized carbons (Fsp3) is 0.467. The average molecular weight is 566 g/mol. The number of aliphatic hydroxyl groups excluding tert-OH is 4. The zero-order valence-corrected chi connectivity index (χ0v) is 23.9. The first-order chi connectivity index (χ1) is 18.3. The van der Waals surface area contributed by atoms with Crippen LogP contribution in [-0.2, 0) is 9.59 Å². The molecule has 0 rings (SSSR count). The number of carboxylic acids is 1.